The van der Waals surface area contributed by atoms with Crippen molar-refractivity contribution in [3.8, 4) is 5.75 Å². The minimum atomic E-state index is -0.256. The summed E-state index contributed by atoms with van der Waals surface area (Å²) in [5, 5.41) is 1.03. The quantitative estimate of drug-likeness (QED) is 0.546. The minimum absolute atomic E-state index is 0.256. The first kappa shape index (κ1) is 13.0. The lowest BCUT2D eigenvalue weighted by molar-refractivity contribution is 0.304. The lowest BCUT2D eigenvalue weighted by atomic mass is 10.3. The normalized spacial score (nSPS) is 10.3. The van der Waals surface area contributed by atoms with Crippen LogP contribution in [0.25, 0.3) is 0 Å². The average Bonchev–Trinajstić information content (AvgIpc) is 2.20. The highest BCUT2D eigenvalue weighted by molar-refractivity contribution is 9.10. The van der Waals surface area contributed by atoms with Crippen LogP contribution in [-0.2, 0) is 0 Å². The summed E-state index contributed by atoms with van der Waals surface area (Å²) in [6.45, 7) is 0.678. The zero-order valence-electron chi connectivity index (χ0n) is 8.31. The molecule has 84 valence electrons. The number of benzene rings is 1. The van der Waals surface area contributed by atoms with Gasteiger partial charge in [-0.05, 0) is 53.4 Å². The van der Waals surface area contributed by atoms with E-state index in [1.54, 1.807) is 6.07 Å². The maximum atomic E-state index is 12.7. The molecule has 0 radical (unpaired) electrons. The Morgan fingerprint density at radius 1 is 1.20 bits per heavy atom. The van der Waals surface area contributed by atoms with E-state index in [1.807, 2.05) is 0 Å². The van der Waals surface area contributed by atoms with Gasteiger partial charge < -0.3 is 4.74 Å². The third-order valence-corrected chi connectivity index (χ3v) is 3.11. The van der Waals surface area contributed by atoms with Gasteiger partial charge in [-0.25, -0.2) is 4.39 Å². The highest BCUT2D eigenvalue weighted by atomic mass is 79.9. The summed E-state index contributed by atoms with van der Waals surface area (Å²) in [5.74, 6) is 0.448. The monoisotopic (exact) mass is 338 g/mol. The van der Waals surface area contributed by atoms with Crippen molar-refractivity contribution < 1.29 is 9.13 Å². The van der Waals surface area contributed by atoms with Gasteiger partial charge in [0, 0.05) is 5.33 Å². The van der Waals surface area contributed by atoms with Crippen molar-refractivity contribution in [2.75, 3.05) is 11.9 Å². The van der Waals surface area contributed by atoms with Crippen LogP contribution < -0.4 is 4.74 Å². The fourth-order valence-electron chi connectivity index (χ4n) is 1.15. The van der Waals surface area contributed by atoms with Gasteiger partial charge in [-0.2, -0.15) is 0 Å². The Hall–Kier alpha value is -0.0900. The SMILES string of the molecule is Fc1ccc(OCCCCCBr)c(Br)c1. The van der Waals surface area contributed by atoms with Gasteiger partial charge >= 0.3 is 0 Å². The number of ether oxygens (including phenoxy) is 1. The standard InChI is InChI=1S/C11H13Br2FO/c12-6-2-1-3-7-15-11-5-4-9(14)8-10(11)13/h4-5,8H,1-3,6-7H2. The number of rotatable bonds is 6. The second kappa shape index (κ2) is 7.23. The molecule has 0 aromatic heterocycles. The predicted octanol–water partition coefficient (Wildman–Crippen LogP) is 4.53. The minimum Gasteiger partial charge on any atom is -0.492 e. The summed E-state index contributed by atoms with van der Waals surface area (Å²) in [5.41, 5.74) is 0. The molecule has 0 fully saturated rings. The second-order valence-electron chi connectivity index (χ2n) is 3.17. The van der Waals surface area contributed by atoms with E-state index in [-0.39, 0.29) is 5.82 Å². The van der Waals surface area contributed by atoms with Gasteiger partial charge in [0.05, 0.1) is 11.1 Å². The fourth-order valence-corrected chi connectivity index (χ4v) is 2.01. The van der Waals surface area contributed by atoms with Crippen LogP contribution in [0.15, 0.2) is 22.7 Å². The molecule has 0 amide bonds. The van der Waals surface area contributed by atoms with Gasteiger partial charge in [0.1, 0.15) is 11.6 Å². The first-order valence-corrected chi connectivity index (χ1v) is 6.79. The van der Waals surface area contributed by atoms with Crippen LogP contribution in [0.4, 0.5) is 4.39 Å². The molecule has 0 saturated carbocycles. The van der Waals surface area contributed by atoms with Crippen molar-refractivity contribution in [1.82, 2.24) is 0 Å². The molecule has 4 heteroatoms. The smallest absolute Gasteiger partial charge is 0.133 e. The molecule has 0 atom stereocenters. The predicted molar refractivity (Wildman–Crippen MR) is 67.2 cm³/mol. The first-order valence-electron chi connectivity index (χ1n) is 4.88. The maximum Gasteiger partial charge on any atom is 0.133 e. The van der Waals surface area contributed by atoms with Crippen molar-refractivity contribution in [2.24, 2.45) is 0 Å². The average molecular weight is 340 g/mol. The molecule has 0 aliphatic rings. The van der Waals surface area contributed by atoms with Gasteiger partial charge in [-0.1, -0.05) is 15.9 Å². The number of hydrogen-bond donors (Lipinski definition) is 0. The Balaban J connectivity index is 2.31. The molecule has 0 unspecified atom stereocenters. The summed E-state index contributed by atoms with van der Waals surface area (Å²) < 4.78 is 18.9. The highest BCUT2D eigenvalue weighted by Gasteiger charge is 2.01. The van der Waals surface area contributed by atoms with Crippen LogP contribution in [0.2, 0.25) is 0 Å². The van der Waals surface area contributed by atoms with Crippen molar-refractivity contribution in [3.05, 3.63) is 28.5 Å². The van der Waals surface area contributed by atoms with Gasteiger partial charge in [-0.15, -0.1) is 0 Å². The van der Waals surface area contributed by atoms with Crippen molar-refractivity contribution >= 4 is 31.9 Å². The third kappa shape index (κ3) is 4.98. The lowest BCUT2D eigenvalue weighted by Crippen LogP contribution is -1.98. The Morgan fingerprint density at radius 2 is 2.00 bits per heavy atom. The zero-order valence-corrected chi connectivity index (χ0v) is 11.5. The molecular formula is C11H13Br2FO. The molecular weight excluding hydrogens is 327 g/mol. The van der Waals surface area contributed by atoms with Crippen molar-refractivity contribution in [3.63, 3.8) is 0 Å². The lowest BCUT2D eigenvalue weighted by Gasteiger charge is -2.07. The van der Waals surface area contributed by atoms with Gasteiger partial charge in [0.15, 0.2) is 0 Å². The fraction of sp³-hybridized carbons (Fsp3) is 0.455. The van der Waals surface area contributed by atoms with Crippen LogP contribution >= 0.6 is 31.9 Å². The van der Waals surface area contributed by atoms with E-state index >= 15 is 0 Å². The molecule has 0 aliphatic carbocycles. The van der Waals surface area contributed by atoms with E-state index in [1.165, 1.54) is 12.1 Å². The molecule has 0 heterocycles. The Labute approximate surface area is 106 Å². The molecule has 1 aromatic carbocycles. The summed E-state index contributed by atoms with van der Waals surface area (Å²) in [4.78, 5) is 0. The molecule has 0 N–H and O–H groups in total. The third-order valence-electron chi connectivity index (χ3n) is 1.93. The number of hydrogen-bond acceptors (Lipinski definition) is 1. The number of alkyl halides is 1. The molecule has 0 bridgehead atoms. The van der Waals surface area contributed by atoms with Crippen LogP contribution in [-0.4, -0.2) is 11.9 Å². The van der Waals surface area contributed by atoms with E-state index in [2.05, 4.69) is 31.9 Å². The van der Waals surface area contributed by atoms with E-state index in [4.69, 9.17) is 4.74 Å². The van der Waals surface area contributed by atoms with Gasteiger partial charge in [0.2, 0.25) is 0 Å². The molecule has 1 rings (SSSR count). The Bertz CT molecular complexity index is 305. The van der Waals surface area contributed by atoms with Crippen LogP contribution in [0.5, 0.6) is 5.75 Å². The summed E-state index contributed by atoms with van der Waals surface area (Å²) in [7, 11) is 0. The second-order valence-corrected chi connectivity index (χ2v) is 4.82. The Kier molecular flexibility index (Phi) is 6.25. The van der Waals surface area contributed by atoms with Crippen molar-refractivity contribution in [1.29, 1.82) is 0 Å². The summed E-state index contributed by atoms with van der Waals surface area (Å²) >= 11 is 6.63. The highest BCUT2D eigenvalue weighted by Crippen LogP contribution is 2.25. The topological polar surface area (TPSA) is 9.23 Å². The molecule has 15 heavy (non-hydrogen) atoms. The maximum absolute atomic E-state index is 12.7. The van der Waals surface area contributed by atoms with Crippen LogP contribution in [0, 0.1) is 5.82 Å². The van der Waals surface area contributed by atoms with Crippen LogP contribution in [0.3, 0.4) is 0 Å². The largest absolute Gasteiger partial charge is 0.492 e. The van der Waals surface area contributed by atoms with Crippen molar-refractivity contribution in [2.45, 2.75) is 19.3 Å². The molecule has 0 aliphatic heterocycles. The molecule has 1 aromatic rings. The van der Waals surface area contributed by atoms with E-state index in [9.17, 15) is 4.39 Å². The number of halogens is 3. The first-order chi connectivity index (χ1) is 7.24. The van der Waals surface area contributed by atoms with Crippen LogP contribution in [0.1, 0.15) is 19.3 Å². The number of unbranched alkanes of at least 4 members (excludes halogenated alkanes) is 2. The zero-order chi connectivity index (χ0) is 11.1. The van der Waals surface area contributed by atoms with Gasteiger partial charge in [-0.3, -0.25) is 0 Å². The van der Waals surface area contributed by atoms with Gasteiger partial charge in [0.25, 0.3) is 0 Å². The molecule has 0 spiro atoms. The molecule has 0 saturated heterocycles. The molecule has 1 nitrogen and oxygen atoms in total. The van der Waals surface area contributed by atoms with E-state index in [0.29, 0.717) is 16.8 Å². The summed E-state index contributed by atoms with van der Waals surface area (Å²) in [6.07, 6.45) is 3.33. The van der Waals surface area contributed by atoms with E-state index < -0.39 is 0 Å². The summed E-state index contributed by atoms with van der Waals surface area (Å²) in [6, 6.07) is 4.45. The van der Waals surface area contributed by atoms with E-state index in [0.717, 1.165) is 24.6 Å². The Morgan fingerprint density at radius 3 is 2.67 bits per heavy atom.